The number of aliphatic hydroxyl groups is 3. The van der Waals surface area contributed by atoms with E-state index in [4.69, 9.17) is 9.47 Å². The molecule has 2 aromatic carbocycles. The van der Waals surface area contributed by atoms with Crippen LogP contribution in [0.1, 0.15) is 36.1 Å². The molecule has 0 aromatic heterocycles. The van der Waals surface area contributed by atoms with Gasteiger partial charge in [0.1, 0.15) is 5.60 Å². The summed E-state index contributed by atoms with van der Waals surface area (Å²) >= 11 is 0. The Morgan fingerprint density at radius 2 is 1.40 bits per heavy atom. The molecule has 0 aliphatic rings. The zero-order chi connectivity index (χ0) is 18.6. The van der Waals surface area contributed by atoms with Gasteiger partial charge < -0.3 is 24.8 Å². The highest BCUT2D eigenvalue weighted by molar-refractivity contribution is 5.48. The lowest BCUT2D eigenvalue weighted by atomic mass is 9.77. The molecule has 5 nitrogen and oxygen atoms in total. The van der Waals surface area contributed by atoms with E-state index in [1.165, 1.54) is 0 Å². The summed E-state index contributed by atoms with van der Waals surface area (Å²) in [6, 6.07) is 10.6. The van der Waals surface area contributed by atoms with Crippen LogP contribution in [0.25, 0.3) is 0 Å². The van der Waals surface area contributed by atoms with Crippen molar-refractivity contribution in [3.05, 3.63) is 58.7 Å². The summed E-state index contributed by atoms with van der Waals surface area (Å²) in [7, 11) is 3.11. The molecule has 0 bridgehead atoms. The van der Waals surface area contributed by atoms with E-state index >= 15 is 0 Å². The van der Waals surface area contributed by atoms with Gasteiger partial charge in [-0.05, 0) is 46.4 Å². The molecule has 0 heterocycles. The third kappa shape index (κ3) is 3.49. The van der Waals surface area contributed by atoms with Crippen LogP contribution < -0.4 is 9.47 Å². The minimum atomic E-state index is -1.28. The fourth-order valence-corrected chi connectivity index (χ4v) is 3.07. The van der Waals surface area contributed by atoms with Gasteiger partial charge in [0.05, 0.1) is 27.4 Å². The molecular formula is C20H26O5. The molecule has 0 aliphatic heterocycles. The fraction of sp³-hybridized carbons (Fsp3) is 0.400. The van der Waals surface area contributed by atoms with Crippen molar-refractivity contribution in [1.82, 2.24) is 0 Å². The first-order valence-electron chi connectivity index (χ1n) is 8.21. The largest absolute Gasteiger partial charge is 0.493 e. The molecule has 2 rings (SSSR count). The van der Waals surface area contributed by atoms with Crippen LogP contribution in [-0.2, 0) is 18.8 Å². The first kappa shape index (κ1) is 19.2. The Bertz CT molecular complexity index is 669. The second kappa shape index (κ2) is 7.87. The molecule has 0 radical (unpaired) electrons. The number of aliphatic hydroxyl groups excluding tert-OH is 2. The average molecular weight is 346 g/mol. The minimum absolute atomic E-state index is 0.142. The van der Waals surface area contributed by atoms with Crippen molar-refractivity contribution in [2.75, 3.05) is 14.2 Å². The number of ether oxygens (including phenoxy) is 2. The first-order chi connectivity index (χ1) is 11.9. The third-order valence-electron chi connectivity index (χ3n) is 4.65. The second-order valence-electron chi connectivity index (χ2n) is 6.29. The van der Waals surface area contributed by atoms with Crippen LogP contribution in [0.4, 0.5) is 0 Å². The Labute approximate surface area is 148 Å². The molecule has 0 saturated heterocycles. The predicted octanol–water partition coefficient (Wildman–Crippen LogP) is 2.58. The Kier molecular flexibility index (Phi) is 6.06. The van der Waals surface area contributed by atoms with E-state index in [9.17, 15) is 15.3 Å². The van der Waals surface area contributed by atoms with Crippen LogP contribution in [0.5, 0.6) is 11.5 Å². The van der Waals surface area contributed by atoms with E-state index in [-0.39, 0.29) is 19.1 Å². The molecule has 1 atom stereocenters. The lowest BCUT2D eigenvalue weighted by Crippen LogP contribution is -2.33. The molecule has 0 fully saturated rings. The normalized spacial score (nSPS) is 13.6. The molecule has 0 aliphatic carbocycles. The topological polar surface area (TPSA) is 79.2 Å². The van der Waals surface area contributed by atoms with Crippen LogP contribution in [0.2, 0.25) is 0 Å². The molecule has 3 N–H and O–H groups in total. The van der Waals surface area contributed by atoms with E-state index in [1.54, 1.807) is 50.6 Å². The highest BCUT2D eigenvalue weighted by Gasteiger charge is 2.36. The fourth-order valence-electron chi connectivity index (χ4n) is 3.07. The van der Waals surface area contributed by atoms with Crippen molar-refractivity contribution in [2.45, 2.75) is 32.7 Å². The third-order valence-corrected chi connectivity index (χ3v) is 4.65. The Hall–Kier alpha value is -2.08. The molecule has 1 unspecified atom stereocenters. The van der Waals surface area contributed by atoms with E-state index in [1.807, 2.05) is 13.8 Å². The van der Waals surface area contributed by atoms with Gasteiger partial charge in [0.25, 0.3) is 0 Å². The zero-order valence-electron chi connectivity index (χ0n) is 15.1. The van der Waals surface area contributed by atoms with Crippen molar-refractivity contribution < 1.29 is 24.8 Å². The summed E-state index contributed by atoms with van der Waals surface area (Å²) < 4.78 is 10.6. The zero-order valence-corrected chi connectivity index (χ0v) is 15.1. The Balaban J connectivity index is 2.63. The van der Waals surface area contributed by atoms with Gasteiger partial charge >= 0.3 is 0 Å². The van der Waals surface area contributed by atoms with Crippen molar-refractivity contribution in [3.63, 3.8) is 0 Å². The smallest absolute Gasteiger partial charge is 0.161 e. The summed E-state index contributed by atoms with van der Waals surface area (Å²) in [5, 5.41) is 30.5. The minimum Gasteiger partial charge on any atom is -0.493 e. The summed E-state index contributed by atoms with van der Waals surface area (Å²) in [6.45, 7) is 3.49. The summed E-state index contributed by atoms with van der Waals surface area (Å²) in [5.41, 5.74) is 1.28. The van der Waals surface area contributed by atoms with Crippen molar-refractivity contribution in [2.24, 2.45) is 5.92 Å². The number of hydrogen-bond acceptors (Lipinski definition) is 5. The number of benzene rings is 2. The van der Waals surface area contributed by atoms with Crippen molar-refractivity contribution in [3.8, 4) is 11.5 Å². The van der Waals surface area contributed by atoms with Gasteiger partial charge in [0.2, 0.25) is 0 Å². The van der Waals surface area contributed by atoms with Crippen LogP contribution in [-0.4, -0.2) is 29.5 Å². The predicted molar refractivity (Wildman–Crippen MR) is 95.7 cm³/mol. The number of rotatable bonds is 7. The van der Waals surface area contributed by atoms with Gasteiger partial charge in [-0.25, -0.2) is 0 Å². The standard InChI is InChI=1S/C20H26O5/c1-13(2)20(23,16-6-5-14(11-21)15(9-16)12-22)17-7-8-18(24-3)19(10-17)25-4/h5-10,13,21-23H,11-12H2,1-4H3. The molecule has 25 heavy (non-hydrogen) atoms. The average Bonchev–Trinajstić information content (AvgIpc) is 2.65. The molecule has 0 spiro atoms. The number of hydrogen-bond donors (Lipinski definition) is 3. The summed E-state index contributed by atoms with van der Waals surface area (Å²) in [5.74, 6) is 0.981. The molecule has 136 valence electrons. The first-order valence-corrected chi connectivity index (χ1v) is 8.21. The second-order valence-corrected chi connectivity index (χ2v) is 6.29. The Morgan fingerprint density at radius 3 is 1.92 bits per heavy atom. The lowest BCUT2D eigenvalue weighted by Gasteiger charge is -2.34. The van der Waals surface area contributed by atoms with E-state index < -0.39 is 5.60 Å². The van der Waals surface area contributed by atoms with E-state index in [0.29, 0.717) is 33.8 Å². The van der Waals surface area contributed by atoms with Crippen molar-refractivity contribution >= 4 is 0 Å². The molecular weight excluding hydrogens is 320 g/mol. The highest BCUT2D eigenvalue weighted by atomic mass is 16.5. The molecule has 0 amide bonds. The maximum atomic E-state index is 11.6. The van der Waals surface area contributed by atoms with Crippen LogP contribution in [0.3, 0.4) is 0 Å². The maximum Gasteiger partial charge on any atom is 0.161 e. The lowest BCUT2D eigenvalue weighted by molar-refractivity contribution is 0.0313. The molecule has 0 saturated carbocycles. The quantitative estimate of drug-likeness (QED) is 0.718. The Morgan fingerprint density at radius 1 is 0.840 bits per heavy atom. The van der Waals surface area contributed by atoms with Gasteiger partial charge in [-0.1, -0.05) is 32.0 Å². The maximum absolute atomic E-state index is 11.6. The van der Waals surface area contributed by atoms with Gasteiger partial charge in [-0.3, -0.25) is 0 Å². The van der Waals surface area contributed by atoms with Gasteiger partial charge in [0.15, 0.2) is 11.5 Å². The van der Waals surface area contributed by atoms with E-state index in [2.05, 4.69) is 0 Å². The van der Waals surface area contributed by atoms with Gasteiger partial charge in [-0.2, -0.15) is 0 Å². The van der Waals surface area contributed by atoms with Crippen LogP contribution >= 0.6 is 0 Å². The van der Waals surface area contributed by atoms with Gasteiger partial charge in [0, 0.05) is 0 Å². The summed E-state index contributed by atoms with van der Waals surface area (Å²) in [6.07, 6.45) is 0. The van der Waals surface area contributed by atoms with E-state index in [0.717, 1.165) is 0 Å². The van der Waals surface area contributed by atoms with Crippen molar-refractivity contribution in [1.29, 1.82) is 0 Å². The molecule has 2 aromatic rings. The van der Waals surface area contributed by atoms with Gasteiger partial charge in [-0.15, -0.1) is 0 Å². The number of methoxy groups -OCH3 is 2. The monoisotopic (exact) mass is 346 g/mol. The van der Waals surface area contributed by atoms with Crippen LogP contribution in [0, 0.1) is 5.92 Å². The SMILES string of the molecule is COc1ccc(C(O)(c2ccc(CO)c(CO)c2)C(C)C)cc1OC. The van der Waals surface area contributed by atoms with Crippen LogP contribution in [0.15, 0.2) is 36.4 Å². The molecule has 5 heteroatoms. The highest BCUT2D eigenvalue weighted by Crippen LogP contribution is 2.41. The summed E-state index contributed by atoms with van der Waals surface area (Å²) in [4.78, 5) is 0.